The van der Waals surface area contributed by atoms with E-state index in [0.29, 0.717) is 16.9 Å². The lowest BCUT2D eigenvalue weighted by atomic mass is 9.96. The standard InChI is InChI=1S/C20H21N3O2.C13H16N2.3CH4/c1-20(2,3)23-19(25)15-8-4-7-14(12-15)18(24)22-17-11-10-13-6-5-9-16(13)21-17;1-13(2,3)8-6-11-5-4-10-7-9-14-12(10)15-11;;;/h4-8,10-12H,9H2,1-3H3,(H,23,25)(H,21,22,24);4-9H,1-3H3,(H,14,15);3*1H4/b;8-6+;;;. The number of nitrogens with one attached hydrogen (secondary N) is 3. The molecule has 4 aromatic rings. The van der Waals surface area contributed by atoms with Crippen LogP contribution < -0.4 is 10.6 Å². The van der Waals surface area contributed by atoms with Gasteiger partial charge in [0, 0.05) is 34.7 Å². The third-order valence-electron chi connectivity index (χ3n) is 5.92. The van der Waals surface area contributed by atoms with E-state index in [1.54, 1.807) is 30.3 Å². The monoisotopic (exact) mass is 583 g/mol. The highest BCUT2D eigenvalue weighted by atomic mass is 16.2. The maximum Gasteiger partial charge on any atom is 0.256 e. The number of nitrogens with zero attached hydrogens (tertiary/aromatic N) is 2. The number of aromatic amines is 1. The van der Waals surface area contributed by atoms with Crippen molar-refractivity contribution in [3.05, 3.63) is 101 Å². The minimum absolute atomic E-state index is 0. The summed E-state index contributed by atoms with van der Waals surface area (Å²) in [6.45, 7) is 12.3. The first-order valence-corrected chi connectivity index (χ1v) is 13.4. The SMILES string of the molecule is C.C.C.CC(C)(C)/C=C/c1ccc2cc[nH]c2n1.CC(C)(C)NC(=O)c1cccc(C(=O)Nc2ccc3c(n2)CC=C3)c1. The smallest absolute Gasteiger partial charge is 0.256 e. The van der Waals surface area contributed by atoms with Crippen molar-refractivity contribution in [3.63, 3.8) is 0 Å². The van der Waals surface area contributed by atoms with Gasteiger partial charge in [0.1, 0.15) is 11.5 Å². The third-order valence-corrected chi connectivity index (χ3v) is 5.92. The van der Waals surface area contributed by atoms with E-state index < -0.39 is 0 Å². The lowest BCUT2D eigenvalue weighted by Crippen LogP contribution is -2.40. The van der Waals surface area contributed by atoms with Crippen molar-refractivity contribution < 1.29 is 9.59 Å². The molecule has 7 heteroatoms. The summed E-state index contributed by atoms with van der Waals surface area (Å²) in [4.78, 5) is 36.8. The van der Waals surface area contributed by atoms with Crippen molar-refractivity contribution in [1.29, 1.82) is 0 Å². The fourth-order valence-electron chi connectivity index (χ4n) is 3.97. The van der Waals surface area contributed by atoms with Gasteiger partial charge >= 0.3 is 0 Å². The fraction of sp³-hybridized carbons (Fsp3) is 0.333. The van der Waals surface area contributed by atoms with Crippen LogP contribution >= 0.6 is 0 Å². The molecule has 3 heterocycles. The van der Waals surface area contributed by atoms with Gasteiger partial charge in [-0.25, -0.2) is 9.97 Å². The number of carbonyl (C=O) groups is 2. The van der Waals surface area contributed by atoms with Gasteiger partial charge in [-0.2, -0.15) is 0 Å². The zero-order valence-corrected chi connectivity index (χ0v) is 24.0. The van der Waals surface area contributed by atoms with Crippen LogP contribution in [0.25, 0.3) is 23.2 Å². The summed E-state index contributed by atoms with van der Waals surface area (Å²) in [6, 6.07) is 16.5. The van der Waals surface area contributed by atoms with Gasteiger partial charge in [-0.1, -0.05) is 67.3 Å². The molecule has 0 spiro atoms. The van der Waals surface area contributed by atoms with Crippen LogP contribution in [-0.2, 0) is 6.42 Å². The van der Waals surface area contributed by atoms with Crippen LogP contribution in [0.1, 0.15) is 101 Å². The predicted molar refractivity (Wildman–Crippen MR) is 183 cm³/mol. The first-order chi connectivity index (χ1) is 18.9. The van der Waals surface area contributed by atoms with E-state index in [2.05, 4.69) is 64.6 Å². The molecule has 7 nitrogen and oxygen atoms in total. The normalized spacial score (nSPS) is 11.8. The molecule has 0 atom stereocenters. The number of anilines is 1. The number of carbonyl (C=O) groups excluding carboxylic acids is 2. The molecule has 2 amide bonds. The van der Waals surface area contributed by atoms with Crippen molar-refractivity contribution in [2.45, 2.75) is 75.8 Å². The molecule has 0 unspecified atom stereocenters. The molecule has 0 aliphatic heterocycles. The first-order valence-electron chi connectivity index (χ1n) is 13.4. The number of pyridine rings is 2. The molecule has 0 saturated carbocycles. The number of amides is 2. The van der Waals surface area contributed by atoms with Crippen molar-refractivity contribution >= 4 is 40.8 Å². The van der Waals surface area contributed by atoms with Crippen LogP contribution in [0.2, 0.25) is 0 Å². The highest BCUT2D eigenvalue weighted by Gasteiger charge is 2.17. The number of fused-ring (bicyclic) bond motifs is 2. The summed E-state index contributed by atoms with van der Waals surface area (Å²) >= 11 is 0. The summed E-state index contributed by atoms with van der Waals surface area (Å²) in [5.41, 5.74) is 4.72. The summed E-state index contributed by atoms with van der Waals surface area (Å²) in [6.07, 6.45) is 11.0. The second kappa shape index (κ2) is 15.1. The number of H-pyrrole nitrogens is 1. The predicted octanol–water partition coefficient (Wildman–Crippen LogP) is 8.96. The molecule has 3 aromatic heterocycles. The molecule has 0 saturated heterocycles. The van der Waals surface area contributed by atoms with Gasteiger partial charge < -0.3 is 15.6 Å². The highest BCUT2D eigenvalue weighted by molar-refractivity contribution is 6.05. The molecular weight excluding hydrogens is 534 g/mol. The second-order valence-corrected chi connectivity index (χ2v) is 11.9. The van der Waals surface area contributed by atoms with E-state index in [9.17, 15) is 9.59 Å². The molecule has 0 fully saturated rings. The van der Waals surface area contributed by atoms with Gasteiger partial charge in [0.05, 0.1) is 11.4 Å². The lowest BCUT2D eigenvalue weighted by Gasteiger charge is -2.20. The van der Waals surface area contributed by atoms with Gasteiger partial charge in [0.2, 0.25) is 0 Å². The number of rotatable bonds is 4. The lowest BCUT2D eigenvalue weighted by molar-refractivity contribution is 0.0919. The Morgan fingerprint density at radius 2 is 1.56 bits per heavy atom. The Morgan fingerprint density at radius 3 is 2.23 bits per heavy atom. The zero-order chi connectivity index (χ0) is 28.9. The van der Waals surface area contributed by atoms with Crippen LogP contribution in [0.3, 0.4) is 0 Å². The average Bonchev–Trinajstić information content (AvgIpc) is 3.55. The second-order valence-electron chi connectivity index (χ2n) is 11.9. The summed E-state index contributed by atoms with van der Waals surface area (Å²) in [7, 11) is 0. The first kappa shape index (κ1) is 36.5. The average molecular weight is 584 g/mol. The van der Waals surface area contributed by atoms with Crippen LogP contribution in [0.5, 0.6) is 0 Å². The molecule has 1 aliphatic rings. The molecule has 0 bridgehead atoms. The number of hydrogen-bond donors (Lipinski definition) is 3. The molecule has 3 N–H and O–H groups in total. The van der Waals surface area contributed by atoms with Crippen LogP contribution in [0.4, 0.5) is 5.82 Å². The maximum atomic E-state index is 12.5. The Morgan fingerprint density at radius 1 is 0.860 bits per heavy atom. The highest BCUT2D eigenvalue weighted by Crippen LogP contribution is 2.20. The Kier molecular flexibility index (Phi) is 12.8. The number of hydrogen-bond acceptors (Lipinski definition) is 4. The topological polar surface area (TPSA) is 99.8 Å². The molecule has 1 aliphatic carbocycles. The molecular formula is C36H49N5O2. The third kappa shape index (κ3) is 10.7. The van der Waals surface area contributed by atoms with Crippen molar-refractivity contribution in [3.8, 4) is 0 Å². The van der Waals surface area contributed by atoms with E-state index in [1.165, 1.54) is 0 Å². The van der Waals surface area contributed by atoms with Crippen molar-refractivity contribution in [2.24, 2.45) is 5.41 Å². The zero-order valence-electron chi connectivity index (χ0n) is 24.0. The van der Waals surface area contributed by atoms with E-state index >= 15 is 0 Å². The summed E-state index contributed by atoms with van der Waals surface area (Å²) < 4.78 is 0. The largest absolute Gasteiger partial charge is 0.347 e. The van der Waals surface area contributed by atoms with E-state index in [4.69, 9.17) is 0 Å². The molecule has 230 valence electrons. The minimum atomic E-state index is -0.336. The van der Waals surface area contributed by atoms with Gasteiger partial charge in [0.15, 0.2) is 0 Å². The van der Waals surface area contributed by atoms with Gasteiger partial charge in [-0.15, -0.1) is 0 Å². The number of allylic oxidation sites excluding steroid dienone is 2. The van der Waals surface area contributed by atoms with E-state index in [0.717, 1.165) is 34.4 Å². The van der Waals surface area contributed by atoms with E-state index in [-0.39, 0.29) is 45.0 Å². The van der Waals surface area contributed by atoms with Gasteiger partial charge in [-0.05, 0) is 86.4 Å². The quantitative estimate of drug-likeness (QED) is 0.223. The molecule has 5 rings (SSSR count). The van der Waals surface area contributed by atoms with Crippen LogP contribution in [-0.4, -0.2) is 32.3 Å². The fourth-order valence-corrected chi connectivity index (χ4v) is 3.97. The van der Waals surface area contributed by atoms with Crippen LogP contribution in [0, 0.1) is 5.41 Å². The Bertz CT molecular complexity index is 1580. The van der Waals surface area contributed by atoms with Crippen LogP contribution in [0.15, 0.2) is 72.9 Å². The number of benzene rings is 1. The summed E-state index contributed by atoms with van der Waals surface area (Å²) in [5.74, 6) is 0.0182. The Hall–Kier alpha value is -4.52. The van der Waals surface area contributed by atoms with Crippen molar-refractivity contribution in [1.82, 2.24) is 20.3 Å². The van der Waals surface area contributed by atoms with E-state index in [1.807, 2.05) is 57.3 Å². The summed E-state index contributed by atoms with van der Waals surface area (Å²) in [5, 5.41) is 6.84. The van der Waals surface area contributed by atoms with Gasteiger partial charge in [-0.3, -0.25) is 9.59 Å². The molecule has 0 radical (unpaired) electrons. The Balaban J connectivity index is 0.000000445. The molecule has 1 aromatic carbocycles. The minimum Gasteiger partial charge on any atom is -0.347 e. The van der Waals surface area contributed by atoms with Gasteiger partial charge in [0.25, 0.3) is 11.8 Å². The number of aromatic nitrogens is 3. The Labute approximate surface area is 258 Å². The maximum absolute atomic E-state index is 12.5. The van der Waals surface area contributed by atoms with Crippen molar-refractivity contribution in [2.75, 3.05) is 5.32 Å². The molecule has 43 heavy (non-hydrogen) atoms.